The fourth-order valence-electron chi connectivity index (χ4n) is 6.73. The first-order valence-electron chi connectivity index (χ1n) is 17.2. The summed E-state index contributed by atoms with van der Waals surface area (Å²) in [6, 6.07) is 23.9. The Kier molecular flexibility index (Phi) is 12.2. The minimum atomic E-state index is -1.11. The van der Waals surface area contributed by atoms with Crippen molar-refractivity contribution in [2.24, 2.45) is 5.41 Å². The van der Waals surface area contributed by atoms with Gasteiger partial charge in [-0.2, -0.15) is 0 Å². The van der Waals surface area contributed by atoms with E-state index in [9.17, 15) is 24.6 Å². The number of amides is 1. The number of hydrogen-bond acceptors (Lipinski definition) is 7. The molecule has 0 spiro atoms. The van der Waals surface area contributed by atoms with Crippen LogP contribution in [0.25, 0.3) is 18.2 Å². The molecule has 0 aromatic heterocycles. The van der Waals surface area contributed by atoms with E-state index < -0.39 is 29.8 Å². The summed E-state index contributed by atoms with van der Waals surface area (Å²) >= 11 is 8.17. The van der Waals surface area contributed by atoms with Gasteiger partial charge in [0.1, 0.15) is 10.9 Å². The lowest BCUT2D eigenvalue weighted by atomic mass is 9.85. The summed E-state index contributed by atoms with van der Waals surface area (Å²) in [5.74, 6) is -1.90. The number of aliphatic carboxylic acids is 2. The highest BCUT2D eigenvalue weighted by molar-refractivity contribution is 8.22. The molecule has 10 heteroatoms. The second kappa shape index (κ2) is 16.2. The number of benzene rings is 3. The molecule has 0 radical (unpaired) electrons. The fourth-order valence-corrected chi connectivity index (χ4v) is 8.37. The molecule has 1 aliphatic carbocycles. The molecule has 0 bridgehead atoms. The summed E-state index contributed by atoms with van der Waals surface area (Å²) in [6.07, 6.45) is 14.0. The number of rotatable bonds is 13. The monoisotopic (exact) mass is 742 g/mol. The second-order valence-electron chi connectivity index (χ2n) is 14.5. The summed E-state index contributed by atoms with van der Waals surface area (Å²) in [5, 5.41) is 18.7. The van der Waals surface area contributed by atoms with E-state index in [1.165, 1.54) is 40.4 Å². The molecule has 3 aromatic carbocycles. The number of carbonyl (C=O) groups is 3. The van der Waals surface area contributed by atoms with Gasteiger partial charge in [0.15, 0.2) is 0 Å². The zero-order valence-corrected chi connectivity index (χ0v) is 32.2. The maximum absolute atomic E-state index is 12.8. The minimum absolute atomic E-state index is 0.0740. The highest BCUT2D eigenvalue weighted by atomic mass is 32.2. The Labute approximate surface area is 315 Å². The molecule has 5 rings (SSSR count). The number of hydrogen-bond donors (Lipinski definition) is 2. The van der Waals surface area contributed by atoms with Crippen molar-refractivity contribution < 1.29 is 24.6 Å². The van der Waals surface area contributed by atoms with Crippen LogP contribution in [-0.2, 0) is 14.4 Å². The normalized spacial score (nSPS) is 17.2. The molecule has 1 amide bonds. The van der Waals surface area contributed by atoms with E-state index in [1.54, 1.807) is 37.9 Å². The number of nitrogens with zero attached hydrogens (tertiary/aromatic N) is 2. The van der Waals surface area contributed by atoms with Crippen molar-refractivity contribution in [3.05, 3.63) is 95.1 Å². The van der Waals surface area contributed by atoms with Gasteiger partial charge in [0.25, 0.3) is 5.91 Å². The third-order valence-electron chi connectivity index (χ3n) is 9.74. The first-order chi connectivity index (χ1) is 24.2. The van der Waals surface area contributed by atoms with Gasteiger partial charge < -0.3 is 15.1 Å². The lowest BCUT2D eigenvalue weighted by Gasteiger charge is -2.28. The summed E-state index contributed by atoms with van der Waals surface area (Å²) in [7, 11) is 0. The average molecular weight is 743 g/mol. The molecule has 2 aliphatic rings. The second-order valence-corrected chi connectivity index (χ2v) is 17.7. The van der Waals surface area contributed by atoms with Crippen LogP contribution >= 0.6 is 35.7 Å². The fraction of sp³-hybridized carbons (Fsp3) is 0.366. The molecule has 268 valence electrons. The highest BCUT2D eigenvalue weighted by Gasteiger charge is 2.42. The van der Waals surface area contributed by atoms with Crippen LogP contribution < -0.4 is 4.90 Å². The Morgan fingerprint density at radius 3 is 2.12 bits per heavy atom. The van der Waals surface area contributed by atoms with Gasteiger partial charge in [-0.3, -0.25) is 19.3 Å². The number of thiocarbonyl (C=S) groups is 1. The standard InChI is InChI=1S/C41H46N2O5S3/c1-40(2,38(47)48)23-24-41(3,4)51-31-19-13-28(14-20-31)10-9-27-11-17-30(18-12-27)43-34-8-6-7-32(34)33-25-29(15-21-35(33)43)16-22-36(44)42(26-37(45)46)39(49)50-5/h9-22,25,32,34H,6-8,23-24,26H2,1-5H3,(H,45,46)(H,47,48)/b10-9?,22-16+. The smallest absolute Gasteiger partial charge is 0.323 e. The average Bonchev–Trinajstić information content (AvgIpc) is 3.69. The van der Waals surface area contributed by atoms with Crippen molar-refractivity contribution in [3.8, 4) is 0 Å². The summed E-state index contributed by atoms with van der Waals surface area (Å²) in [6.45, 7) is 7.45. The van der Waals surface area contributed by atoms with Gasteiger partial charge in [-0.1, -0.05) is 86.7 Å². The van der Waals surface area contributed by atoms with Crippen LogP contribution in [0.4, 0.5) is 11.4 Å². The van der Waals surface area contributed by atoms with Gasteiger partial charge in [0.2, 0.25) is 0 Å². The van der Waals surface area contributed by atoms with Crippen molar-refractivity contribution in [2.75, 3.05) is 17.7 Å². The summed E-state index contributed by atoms with van der Waals surface area (Å²) in [4.78, 5) is 40.4. The van der Waals surface area contributed by atoms with E-state index in [0.717, 1.165) is 46.5 Å². The van der Waals surface area contributed by atoms with Crippen LogP contribution in [0.2, 0.25) is 0 Å². The molecule has 3 aromatic rings. The third-order valence-corrected chi connectivity index (χ3v) is 12.3. The Balaban J connectivity index is 1.24. The van der Waals surface area contributed by atoms with Gasteiger partial charge in [-0.15, -0.1) is 11.8 Å². The highest BCUT2D eigenvalue weighted by Crippen LogP contribution is 2.52. The number of carbonyl (C=O) groups excluding carboxylic acids is 1. The Hall–Kier alpha value is -3.86. The van der Waals surface area contributed by atoms with Gasteiger partial charge in [0.05, 0.1) is 5.41 Å². The maximum Gasteiger partial charge on any atom is 0.323 e. The van der Waals surface area contributed by atoms with Crippen molar-refractivity contribution in [2.45, 2.75) is 81.4 Å². The maximum atomic E-state index is 12.8. The Morgan fingerprint density at radius 2 is 1.51 bits per heavy atom. The molecular formula is C41H46N2O5S3. The predicted octanol–water partition coefficient (Wildman–Crippen LogP) is 9.98. The first-order valence-corrected chi connectivity index (χ1v) is 19.7. The SMILES string of the molecule is CSC(=S)N(CC(=O)O)C(=O)/C=C/c1ccc2c(c1)C1CCCC1N2c1ccc(C=Cc2ccc(SC(C)(C)CCC(C)(C)C(=O)O)cc2)cc1. The van der Waals surface area contributed by atoms with Gasteiger partial charge in [-0.25, -0.2) is 0 Å². The van der Waals surface area contributed by atoms with Crippen LogP contribution in [0.15, 0.2) is 77.7 Å². The molecule has 1 fully saturated rings. The molecule has 51 heavy (non-hydrogen) atoms. The van der Waals surface area contributed by atoms with Crippen LogP contribution in [-0.4, -0.2) is 60.9 Å². The minimum Gasteiger partial charge on any atom is -0.481 e. The molecule has 2 N–H and O–H groups in total. The van der Waals surface area contributed by atoms with Gasteiger partial charge >= 0.3 is 11.9 Å². The lowest BCUT2D eigenvalue weighted by Crippen LogP contribution is -2.37. The van der Waals surface area contributed by atoms with E-state index in [-0.39, 0.29) is 9.07 Å². The zero-order valence-electron chi connectivity index (χ0n) is 29.8. The molecule has 2 atom stereocenters. The Bertz CT molecular complexity index is 1830. The number of fused-ring (bicyclic) bond motifs is 3. The van der Waals surface area contributed by atoms with Crippen LogP contribution in [0.1, 0.15) is 88.0 Å². The quantitative estimate of drug-likeness (QED) is 0.0768. The summed E-state index contributed by atoms with van der Waals surface area (Å²) in [5.41, 5.74) is 6.04. The van der Waals surface area contributed by atoms with Crippen LogP contribution in [0.5, 0.6) is 0 Å². The number of carboxylic acid groups (broad SMARTS) is 2. The molecule has 7 nitrogen and oxygen atoms in total. The van der Waals surface area contributed by atoms with E-state index in [4.69, 9.17) is 12.2 Å². The molecule has 1 heterocycles. The van der Waals surface area contributed by atoms with Gasteiger partial charge in [0, 0.05) is 39.1 Å². The van der Waals surface area contributed by atoms with E-state index in [2.05, 4.69) is 91.6 Å². The van der Waals surface area contributed by atoms with Crippen molar-refractivity contribution in [1.82, 2.24) is 4.90 Å². The number of thioether (sulfide) groups is 2. The molecule has 1 aliphatic heterocycles. The van der Waals surface area contributed by atoms with Crippen LogP contribution in [0.3, 0.4) is 0 Å². The van der Waals surface area contributed by atoms with E-state index in [1.807, 2.05) is 6.07 Å². The topological polar surface area (TPSA) is 98.2 Å². The lowest BCUT2D eigenvalue weighted by molar-refractivity contribution is -0.147. The number of anilines is 2. The third kappa shape index (κ3) is 9.53. The molecule has 1 saturated carbocycles. The summed E-state index contributed by atoms with van der Waals surface area (Å²) < 4.78 is 0.156. The zero-order chi connectivity index (χ0) is 36.9. The van der Waals surface area contributed by atoms with E-state index in [0.29, 0.717) is 18.4 Å². The van der Waals surface area contributed by atoms with Crippen molar-refractivity contribution in [1.29, 1.82) is 0 Å². The van der Waals surface area contributed by atoms with Gasteiger partial charge in [-0.05, 0) is 111 Å². The van der Waals surface area contributed by atoms with E-state index >= 15 is 0 Å². The molecular weight excluding hydrogens is 697 g/mol. The molecule has 2 unspecified atom stereocenters. The Morgan fingerprint density at radius 1 is 0.882 bits per heavy atom. The van der Waals surface area contributed by atoms with Crippen molar-refractivity contribution >= 4 is 87.5 Å². The largest absolute Gasteiger partial charge is 0.481 e. The first kappa shape index (κ1) is 38.4. The number of carboxylic acids is 2. The predicted molar refractivity (Wildman–Crippen MR) is 216 cm³/mol. The van der Waals surface area contributed by atoms with Crippen LogP contribution in [0, 0.1) is 5.41 Å². The van der Waals surface area contributed by atoms with Crippen molar-refractivity contribution in [3.63, 3.8) is 0 Å². The molecule has 0 saturated heterocycles.